The molecule has 2 aromatic heterocycles. The summed E-state index contributed by atoms with van der Waals surface area (Å²) in [6, 6.07) is 9.89. The van der Waals surface area contributed by atoms with E-state index in [1.807, 2.05) is 29.6 Å². The maximum atomic E-state index is 12.6. The van der Waals surface area contributed by atoms with Gasteiger partial charge in [-0.2, -0.15) is 0 Å². The molecule has 1 atom stereocenters. The molecule has 0 spiro atoms. The summed E-state index contributed by atoms with van der Waals surface area (Å²) in [5.41, 5.74) is 1.76. The van der Waals surface area contributed by atoms with Gasteiger partial charge in [0.25, 0.3) is 0 Å². The summed E-state index contributed by atoms with van der Waals surface area (Å²) in [6.07, 6.45) is 0.738. The number of anilines is 1. The number of hydrogen-bond donors (Lipinski definition) is 2. The Morgan fingerprint density at radius 3 is 2.67 bits per heavy atom. The molecular formula is C20H23N3O2S2. The highest BCUT2D eigenvalue weighted by molar-refractivity contribution is 7.22. The summed E-state index contributed by atoms with van der Waals surface area (Å²) in [5, 5.41) is 8.57. The Bertz CT molecular complexity index is 932. The second-order valence-electron chi connectivity index (χ2n) is 6.70. The molecule has 3 aromatic rings. The molecule has 0 fully saturated rings. The average Bonchev–Trinajstić information content (AvgIpc) is 3.28. The lowest BCUT2D eigenvalue weighted by atomic mass is 10.0. The molecule has 2 amide bonds. The summed E-state index contributed by atoms with van der Waals surface area (Å²) in [7, 11) is 0. The molecular weight excluding hydrogens is 378 g/mol. The quantitative estimate of drug-likeness (QED) is 0.599. The zero-order chi connectivity index (χ0) is 19.4. The van der Waals surface area contributed by atoms with Gasteiger partial charge in [0.2, 0.25) is 11.8 Å². The number of thiophene rings is 1. The van der Waals surface area contributed by atoms with E-state index in [2.05, 4.69) is 35.5 Å². The van der Waals surface area contributed by atoms with Gasteiger partial charge in [0.05, 0.1) is 22.7 Å². The van der Waals surface area contributed by atoms with E-state index in [4.69, 9.17) is 0 Å². The molecule has 0 aliphatic carbocycles. The Balaban J connectivity index is 1.70. The van der Waals surface area contributed by atoms with Crippen LogP contribution in [0.3, 0.4) is 0 Å². The van der Waals surface area contributed by atoms with Gasteiger partial charge in [0.15, 0.2) is 5.13 Å². The van der Waals surface area contributed by atoms with Gasteiger partial charge in [0, 0.05) is 11.3 Å². The van der Waals surface area contributed by atoms with Crippen molar-refractivity contribution in [3.05, 3.63) is 46.2 Å². The molecule has 0 unspecified atom stereocenters. The van der Waals surface area contributed by atoms with Crippen LogP contribution in [0.4, 0.5) is 5.13 Å². The molecule has 0 aliphatic rings. The number of benzene rings is 1. The molecule has 2 heterocycles. The van der Waals surface area contributed by atoms with E-state index in [-0.39, 0.29) is 17.9 Å². The highest BCUT2D eigenvalue weighted by Crippen LogP contribution is 2.28. The first-order valence-corrected chi connectivity index (χ1v) is 10.7. The fourth-order valence-electron chi connectivity index (χ4n) is 2.78. The Labute approximate surface area is 166 Å². The fraction of sp³-hybridized carbons (Fsp3) is 0.350. The van der Waals surface area contributed by atoms with Crippen molar-refractivity contribution >= 4 is 49.8 Å². The van der Waals surface area contributed by atoms with Crippen molar-refractivity contribution in [1.29, 1.82) is 0 Å². The van der Waals surface area contributed by atoms with Crippen molar-refractivity contribution in [1.82, 2.24) is 10.3 Å². The average molecular weight is 402 g/mol. The molecule has 142 valence electrons. The van der Waals surface area contributed by atoms with Crippen molar-refractivity contribution in [2.45, 2.75) is 39.7 Å². The summed E-state index contributed by atoms with van der Waals surface area (Å²) >= 11 is 3.09. The van der Waals surface area contributed by atoms with E-state index in [9.17, 15) is 9.59 Å². The van der Waals surface area contributed by atoms with Gasteiger partial charge in [-0.05, 0) is 35.1 Å². The number of nitrogens with one attached hydrogen (secondary N) is 2. The molecule has 1 aromatic carbocycles. The van der Waals surface area contributed by atoms with Crippen LogP contribution in [0.2, 0.25) is 0 Å². The number of fused-ring (bicyclic) bond motifs is 1. The summed E-state index contributed by atoms with van der Waals surface area (Å²) in [5.74, 6) is 0.272. The highest BCUT2D eigenvalue weighted by Gasteiger charge is 2.19. The first-order chi connectivity index (χ1) is 13.0. The van der Waals surface area contributed by atoms with E-state index in [1.54, 1.807) is 18.3 Å². The van der Waals surface area contributed by atoms with Crippen molar-refractivity contribution in [2.24, 2.45) is 5.92 Å². The van der Waals surface area contributed by atoms with Gasteiger partial charge in [-0.1, -0.05) is 44.2 Å². The lowest BCUT2D eigenvalue weighted by Gasteiger charge is -2.21. The minimum absolute atomic E-state index is 0.00507. The first-order valence-electron chi connectivity index (χ1n) is 8.98. The minimum atomic E-state index is -0.0537. The number of nitrogens with zero attached hydrogens (tertiary/aromatic N) is 1. The van der Waals surface area contributed by atoms with Gasteiger partial charge in [0.1, 0.15) is 0 Å². The molecule has 5 nitrogen and oxygen atoms in total. The van der Waals surface area contributed by atoms with E-state index < -0.39 is 0 Å². The maximum Gasteiger partial charge on any atom is 0.225 e. The van der Waals surface area contributed by atoms with Gasteiger partial charge in [-0.15, -0.1) is 11.3 Å². The SMILES string of the molecule is CCC(=O)Nc1nc2ccc(CC(=O)N[C@H](c3cccs3)C(C)C)cc2s1. The predicted octanol–water partition coefficient (Wildman–Crippen LogP) is 4.76. The van der Waals surface area contributed by atoms with Crippen LogP contribution in [0.5, 0.6) is 0 Å². The number of aromatic nitrogens is 1. The fourth-order valence-corrected chi connectivity index (χ4v) is 4.68. The predicted molar refractivity (Wildman–Crippen MR) is 112 cm³/mol. The smallest absolute Gasteiger partial charge is 0.225 e. The topological polar surface area (TPSA) is 71.1 Å². The molecule has 7 heteroatoms. The molecule has 2 N–H and O–H groups in total. The second-order valence-corrected chi connectivity index (χ2v) is 8.71. The molecule has 0 aliphatic heterocycles. The van der Waals surface area contributed by atoms with E-state index in [0.29, 0.717) is 23.9 Å². The minimum Gasteiger partial charge on any atom is -0.348 e. The summed E-state index contributed by atoms with van der Waals surface area (Å²) < 4.78 is 0.963. The number of rotatable bonds is 7. The number of hydrogen-bond acceptors (Lipinski definition) is 5. The van der Waals surface area contributed by atoms with Gasteiger partial charge >= 0.3 is 0 Å². The van der Waals surface area contributed by atoms with Crippen LogP contribution >= 0.6 is 22.7 Å². The maximum absolute atomic E-state index is 12.6. The second kappa shape index (κ2) is 8.63. The Morgan fingerprint density at radius 1 is 1.19 bits per heavy atom. The van der Waals surface area contributed by atoms with Crippen molar-refractivity contribution in [3.8, 4) is 0 Å². The highest BCUT2D eigenvalue weighted by atomic mass is 32.1. The first kappa shape index (κ1) is 19.5. The van der Waals surface area contributed by atoms with Crippen LogP contribution in [0.1, 0.15) is 43.7 Å². The third-order valence-electron chi connectivity index (χ3n) is 4.22. The van der Waals surface area contributed by atoms with E-state index >= 15 is 0 Å². The van der Waals surface area contributed by atoms with Crippen LogP contribution in [-0.2, 0) is 16.0 Å². The molecule has 0 saturated heterocycles. The number of carbonyl (C=O) groups is 2. The zero-order valence-electron chi connectivity index (χ0n) is 15.6. The molecule has 0 radical (unpaired) electrons. The number of carbonyl (C=O) groups excluding carboxylic acids is 2. The van der Waals surface area contributed by atoms with Crippen molar-refractivity contribution < 1.29 is 9.59 Å². The van der Waals surface area contributed by atoms with Crippen LogP contribution in [0.25, 0.3) is 10.2 Å². The Morgan fingerprint density at radius 2 is 2.00 bits per heavy atom. The molecule has 27 heavy (non-hydrogen) atoms. The Hall–Kier alpha value is -2.25. The summed E-state index contributed by atoms with van der Waals surface area (Å²) in [4.78, 5) is 29.7. The van der Waals surface area contributed by atoms with Crippen LogP contribution in [0, 0.1) is 5.92 Å². The standard InChI is InChI=1S/C20H23N3O2S2/c1-4-17(24)23-20-21-14-8-7-13(10-16(14)27-20)11-18(25)22-19(12(2)3)15-6-5-9-26-15/h5-10,12,19H,4,11H2,1-3H3,(H,22,25)(H,21,23,24)/t19-/m0/s1. The van der Waals surface area contributed by atoms with Crippen molar-refractivity contribution in [2.75, 3.05) is 5.32 Å². The van der Waals surface area contributed by atoms with Crippen LogP contribution in [0.15, 0.2) is 35.7 Å². The largest absolute Gasteiger partial charge is 0.348 e. The van der Waals surface area contributed by atoms with E-state index in [1.165, 1.54) is 16.2 Å². The zero-order valence-corrected chi connectivity index (χ0v) is 17.2. The Kier molecular flexibility index (Phi) is 6.23. The van der Waals surface area contributed by atoms with Gasteiger partial charge in [-0.3, -0.25) is 9.59 Å². The molecule has 0 bridgehead atoms. The van der Waals surface area contributed by atoms with Gasteiger partial charge in [-0.25, -0.2) is 4.98 Å². The van der Waals surface area contributed by atoms with Crippen LogP contribution in [-0.4, -0.2) is 16.8 Å². The summed E-state index contributed by atoms with van der Waals surface area (Å²) in [6.45, 7) is 6.03. The van der Waals surface area contributed by atoms with E-state index in [0.717, 1.165) is 15.8 Å². The van der Waals surface area contributed by atoms with Gasteiger partial charge < -0.3 is 10.6 Å². The number of amides is 2. The lowest BCUT2D eigenvalue weighted by Crippen LogP contribution is -2.32. The molecule has 3 rings (SSSR count). The third kappa shape index (κ3) is 4.93. The monoisotopic (exact) mass is 401 g/mol. The molecule has 0 saturated carbocycles. The van der Waals surface area contributed by atoms with Crippen molar-refractivity contribution in [3.63, 3.8) is 0 Å². The van der Waals surface area contributed by atoms with Crippen LogP contribution < -0.4 is 10.6 Å². The third-order valence-corrected chi connectivity index (χ3v) is 6.11. The normalized spacial score (nSPS) is 12.3. The lowest BCUT2D eigenvalue weighted by molar-refractivity contribution is -0.121. The number of thiazole rings is 1.